The van der Waals surface area contributed by atoms with Crippen LogP contribution in [0.3, 0.4) is 0 Å². The molecule has 0 spiro atoms. The number of carbonyl (C=O) groups is 2. The van der Waals surface area contributed by atoms with Gasteiger partial charge in [-0.2, -0.15) is 0 Å². The highest BCUT2D eigenvalue weighted by atomic mass is 16.4. The van der Waals surface area contributed by atoms with Gasteiger partial charge in [0.2, 0.25) is 5.91 Å². The zero-order valence-corrected chi connectivity index (χ0v) is 10.9. The molecule has 4 nitrogen and oxygen atoms in total. The SMILES string of the molecule is CC1=CCCN(C(=O)C2CCCC(C(=O)O)C2)C1. The van der Waals surface area contributed by atoms with E-state index in [2.05, 4.69) is 6.08 Å². The summed E-state index contributed by atoms with van der Waals surface area (Å²) in [5.74, 6) is -0.990. The Morgan fingerprint density at radius 1 is 1.33 bits per heavy atom. The Kier molecular flexibility index (Phi) is 4.04. The van der Waals surface area contributed by atoms with Crippen molar-refractivity contribution in [2.45, 2.75) is 39.0 Å². The number of carboxylic acids is 1. The summed E-state index contributed by atoms with van der Waals surface area (Å²) in [5.41, 5.74) is 1.24. The molecule has 2 unspecified atom stereocenters. The van der Waals surface area contributed by atoms with Gasteiger partial charge in [-0.3, -0.25) is 9.59 Å². The number of carbonyl (C=O) groups excluding carboxylic acids is 1. The first-order valence-electron chi connectivity index (χ1n) is 6.75. The molecule has 0 aromatic rings. The third-order valence-corrected chi connectivity index (χ3v) is 4.02. The van der Waals surface area contributed by atoms with Crippen LogP contribution in [-0.2, 0) is 9.59 Å². The smallest absolute Gasteiger partial charge is 0.306 e. The Balaban J connectivity index is 1.96. The molecule has 0 saturated heterocycles. The molecule has 2 atom stereocenters. The van der Waals surface area contributed by atoms with E-state index in [0.29, 0.717) is 13.0 Å². The van der Waals surface area contributed by atoms with Crippen LogP contribution in [0.4, 0.5) is 0 Å². The van der Waals surface area contributed by atoms with Gasteiger partial charge in [0.25, 0.3) is 0 Å². The predicted octanol–water partition coefficient (Wildman–Crippen LogP) is 2.06. The van der Waals surface area contributed by atoms with Crippen LogP contribution in [0.15, 0.2) is 11.6 Å². The molecular weight excluding hydrogens is 230 g/mol. The van der Waals surface area contributed by atoms with Crippen molar-refractivity contribution >= 4 is 11.9 Å². The van der Waals surface area contributed by atoms with Gasteiger partial charge < -0.3 is 10.0 Å². The van der Waals surface area contributed by atoms with Gasteiger partial charge in [-0.15, -0.1) is 0 Å². The van der Waals surface area contributed by atoms with Crippen molar-refractivity contribution in [3.05, 3.63) is 11.6 Å². The maximum atomic E-state index is 12.4. The second kappa shape index (κ2) is 5.55. The normalized spacial score (nSPS) is 28.7. The minimum absolute atomic E-state index is 0.0780. The molecule has 4 heteroatoms. The highest BCUT2D eigenvalue weighted by Gasteiger charge is 2.33. The molecule has 1 fully saturated rings. The summed E-state index contributed by atoms with van der Waals surface area (Å²) in [6.07, 6.45) is 6.04. The summed E-state index contributed by atoms with van der Waals surface area (Å²) in [4.78, 5) is 25.3. The van der Waals surface area contributed by atoms with E-state index in [-0.39, 0.29) is 17.7 Å². The van der Waals surface area contributed by atoms with E-state index < -0.39 is 5.97 Å². The summed E-state index contributed by atoms with van der Waals surface area (Å²) in [7, 11) is 0. The van der Waals surface area contributed by atoms with E-state index >= 15 is 0 Å². The quantitative estimate of drug-likeness (QED) is 0.764. The summed E-state index contributed by atoms with van der Waals surface area (Å²) < 4.78 is 0. The Labute approximate surface area is 108 Å². The lowest BCUT2D eigenvalue weighted by molar-refractivity contribution is -0.145. The maximum absolute atomic E-state index is 12.4. The minimum atomic E-state index is -0.748. The van der Waals surface area contributed by atoms with Crippen LogP contribution in [0, 0.1) is 11.8 Å². The monoisotopic (exact) mass is 251 g/mol. The molecule has 0 bridgehead atoms. The summed E-state index contributed by atoms with van der Waals surface area (Å²) in [6.45, 7) is 3.54. The molecule has 1 N–H and O–H groups in total. The molecule has 18 heavy (non-hydrogen) atoms. The lowest BCUT2D eigenvalue weighted by Crippen LogP contribution is -2.41. The summed E-state index contributed by atoms with van der Waals surface area (Å²) >= 11 is 0. The van der Waals surface area contributed by atoms with Crippen LogP contribution in [0.1, 0.15) is 39.0 Å². The predicted molar refractivity (Wildman–Crippen MR) is 68.0 cm³/mol. The van der Waals surface area contributed by atoms with Crippen LogP contribution in [-0.4, -0.2) is 35.0 Å². The third-order valence-electron chi connectivity index (χ3n) is 4.02. The summed E-state index contributed by atoms with van der Waals surface area (Å²) in [6, 6.07) is 0. The molecule has 1 heterocycles. The van der Waals surface area contributed by atoms with E-state index in [1.54, 1.807) is 0 Å². The lowest BCUT2D eigenvalue weighted by Gasteiger charge is -2.33. The third kappa shape index (κ3) is 2.92. The van der Waals surface area contributed by atoms with Crippen LogP contribution in [0.5, 0.6) is 0 Å². The van der Waals surface area contributed by atoms with Crippen molar-refractivity contribution in [1.82, 2.24) is 4.90 Å². The number of nitrogens with zero attached hydrogens (tertiary/aromatic N) is 1. The Morgan fingerprint density at radius 3 is 2.72 bits per heavy atom. The van der Waals surface area contributed by atoms with E-state index in [1.807, 2.05) is 11.8 Å². The van der Waals surface area contributed by atoms with Crippen molar-refractivity contribution in [2.24, 2.45) is 11.8 Å². The number of amides is 1. The molecule has 1 amide bonds. The van der Waals surface area contributed by atoms with Crippen LogP contribution in [0.2, 0.25) is 0 Å². The number of rotatable bonds is 2. The number of carboxylic acid groups (broad SMARTS) is 1. The molecule has 1 aliphatic heterocycles. The van der Waals surface area contributed by atoms with Crippen molar-refractivity contribution in [1.29, 1.82) is 0 Å². The Hall–Kier alpha value is -1.32. The molecule has 0 aromatic heterocycles. The average molecular weight is 251 g/mol. The van der Waals surface area contributed by atoms with E-state index in [4.69, 9.17) is 5.11 Å². The lowest BCUT2D eigenvalue weighted by atomic mass is 9.80. The van der Waals surface area contributed by atoms with Crippen molar-refractivity contribution in [3.8, 4) is 0 Å². The van der Waals surface area contributed by atoms with Gasteiger partial charge in [0, 0.05) is 19.0 Å². The zero-order valence-electron chi connectivity index (χ0n) is 10.9. The first-order valence-corrected chi connectivity index (χ1v) is 6.75. The van der Waals surface area contributed by atoms with Crippen molar-refractivity contribution in [3.63, 3.8) is 0 Å². The van der Waals surface area contributed by atoms with Crippen molar-refractivity contribution < 1.29 is 14.7 Å². The Morgan fingerprint density at radius 2 is 2.06 bits per heavy atom. The molecule has 100 valence electrons. The largest absolute Gasteiger partial charge is 0.481 e. The topological polar surface area (TPSA) is 57.6 Å². The average Bonchev–Trinajstić information content (AvgIpc) is 2.38. The second-order valence-electron chi connectivity index (χ2n) is 5.50. The highest BCUT2D eigenvalue weighted by Crippen LogP contribution is 2.31. The molecule has 2 aliphatic rings. The van der Waals surface area contributed by atoms with E-state index in [1.165, 1.54) is 5.57 Å². The first kappa shape index (κ1) is 13.1. The zero-order chi connectivity index (χ0) is 13.1. The van der Waals surface area contributed by atoms with Gasteiger partial charge in [-0.05, 0) is 32.6 Å². The second-order valence-corrected chi connectivity index (χ2v) is 5.50. The fourth-order valence-corrected chi connectivity index (χ4v) is 3.00. The fraction of sp³-hybridized carbons (Fsp3) is 0.714. The van der Waals surface area contributed by atoms with E-state index in [0.717, 1.165) is 32.2 Å². The Bertz CT molecular complexity index is 375. The molecule has 0 aromatic carbocycles. The van der Waals surface area contributed by atoms with E-state index in [9.17, 15) is 9.59 Å². The molecule has 1 saturated carbocycles. The van der Waals surface area contributed by atoms with Gasteiger partial charge in [0.15, 0.2) is 0 Å². The molecule has 2 rings (SSSR count). The molecular formula is C14H21NO3. The number of aliphatic carboxylic acids is 1. The van der Waals surface area contributed by atoms with Gasteiger partial charge >= 0.3 is 5.97 Å². The number of hydrogen-bond donors (Lipinski definition) is 1. The minimum Gasteiger partial charge on any atom is -0.481 e. The van der Waals surface area contributed by atoms with Crippen LogP contribution >= 0.6 is 0 Å². The van der Waals surface area contributed by atoms with Crippen LogP contribution in [0.25, 0.3) is 0 Å². The summed E-state index contributed by atoms with van der Waals surface area (Å²) in [5, 5.41) is 9.06. The van der Waals surface area contributed by atoms with Gasteiger partial charge in [-0.25, -0.2) is 0 Å². The van der Waals surface area contributed by atoms with Gasteiger partial charge in [0.05, 0.1) is 5.92 Å². The number of hydrogen-bond acceptors (Lipinski definition) is 2. The fourth-order valence-electron chi connectivity index (χ4n) is 3.00. The van der Waals surface area contributed by atoms with Crippen LogP contribution < -0.4 is 0 Å². The first-order chi connectivity index (χ1) is 8.58. The highest BCUT2D eigenvalue weighted by molar-refractivity contribution is 5.80. The van der Waals surface area contributed by atoms with Gasteiger partial charge in [0.1, 0.15) is 0 Å². The maximum Gasteiger partial charge on any atom is 0.306 e. The standard InChI is InChI=1S/C14H21NO3/c1-10-4-3-7-15(9-10)13(16)11-5-2-6-12(8-11)14(17)18/h4,11-12H,2-3,5-9H2,1H3,(H,17,18). The molecule has 0 radical (unpaired) electrons. The molecule has 1 aliphatic carbocycles. The van der Waals surface area contributed by atoms with Crippen molar-refractivity contribution in [2.75, 3.05) is 13.1 Å². The van der Waals surface area contributed by atoms with Gasteiger partial charge in [-0.1, -0.05) is 18.1 Å².